The van der Waals surface area contributed by atoms with E-state index in [1.165, 1.54) is 11.1 Å². The average molecular weight is 221 g/mol. The number of fused-ring (bicyclic) bond motifs is 1. The fraction of sp³-hybridized carbons (Fsp3) is 0.538. The van der Waals surface area contributed by atoms with Gasteiger partial charge in [-0.3, -0.25) is 0 Å². The van der Waals surface area contributed by atoms with Gasteiger partial charge < -0.3 is 15.2 Å². The van der Waals surface area contributed by atoms with Gasteiger partial charge in [0.15, 0.2) is 11.5 Å². The molecule has 1 heterocycles. The maximum absolute atomic E-state index is 5.65. The molecule has 0 saturated heterocycles. The molecule has 1 aliphatic rings. The molecule has 2 rings (SSSR count). The quantitative estimate of drug-likeness (QED) is 0.842. The number of methoxy groups -OCH3 is 1. The lowest BCUT2D eigenvalue weighted by molar-refractivity contribution is 0.323. The van der Waals surface area contributed by atoms with E-state index in [2.05, 4.69) is 19.1 Å². The Balaban J connectivity index is 2.31. The van der Waals surface area contributed by atoms with Gasteiger partial charge in [0.1, 0.15) is 0 Å². The molecule has 1 aliphatic heterocycles. The number of nitrogens with two attached hydrogens (primary N) is 1. The zero-order valence-corrected chi connectivity index (χ0v) is 9.95. The first-order valence-corrected chi connectivity index (χ1v) is 5.78. The van der Waals surface area contributed by atoms with Crippen LogP contribution in [0.2, 0.25) is 0 Å². The summed E-state index contributed by atoms with van der Waals surface area (Å²) in [6.07, 6.45) is 1.93. The van der Waals surface area contributed by atoms with Gasteiger partial charge >= 0.3 is 0 Å². The molecule has 0 fully saturated rings. The summed E-state index contributed by atoms with van der Waals surface area (Å²) in [7, 11) is 1.70. The van der Waals surface area contributed by atoms with Crippen molar-refractivity contribution >= 4 is 0 Å². The van der Waals surface area contributed by atoms with Crippen LogP contribution < -0.4 is 15.2 Å². The van der Waals surface area contributed by atoms with Crippen LogP contribution in [0.4, 0.5) is 0 Å². The lowest BCUT2D eigenvalue weighted by Gasteiger charge is -2.15. The molecular formula is C13H19NO2. The van der Waals surface area contributed by atoms with Gasteiger partial charge in [0.25, 0.3) is 0 Å². The molecule has 1 unspecified atom stereocenters. The maximum atomic E-state index is 5.65. The normalized spacial score (nSPS) is 15.4. The highest BCUT2D eigenvalue weighted by molar-refractivity contribution is 5.53. The van der Waals surface area contributed by atoms with Crippen molar-refractivity contribution < 1.29 is 9.47 Å². The summed E-state index contributed by atoms with van der Waals surface area (Å²) in [5, 5.41) is 0. The van der Waals surface area contributed by atoms with Gasteiger partial charge in [0.2, 0.25) is 0 Å². The molecule has 2 N–H and O–H groups in total. The number of benzene rings is 1. The Kier molecular flexibility index (Phi) is 3.34. The van der Waals surface area contributed by atoms with Crippen molar-refractivity contribution in [3.8, 4) is 11.5 Å². The van der Waals surface area contributed by atoms with E-state index in [0.29, 0.717) is 12.5 Å². The van der Waals surface area contributed by atoms with Crippen LogP contribution in [0, 0.1) is 5.92 Å². The molecule has 3 heteroatoms. The summed E-state index contributed by atoms with van der Waals surface area (Å²) in [5.41, 5.74) is 8.10. The third-order valence-corrected chi connectivity index (χ3v) is 3.07. The van der Waals surface area contributed by atoms with Crippen molar-refractivity contribution in [3.05, 3.63) is 23.3 Å². The van der Waals surface area contributed by atoms with Crippen molar-refractivity contribution in [2.45, 2.75) is 19.8 Å². The fourth-order valence-electron chi connectivity index (χ4n) is 2.11. The molecule has 0 radical (unpaired) electrons. The lowest BCUT2D eigenvalue weighted by atomic mass is 9.98. The van der Waals surface area contributed by atoms with Gasteiger partial charge in [0.05, 0.1) is 13.7 Å². The first kappa shape index (κ1) is 11.3. The monoisotopic (exact) mass is 221 g/mol. The highest BCUT2D eigenvalue weighted by Crippen LogP contribution is 2.39. The molecule has 0 aromatic heterocycles. The minimum atomic E-state index is 0.466. The van der Waals surface area contributed by atoms with Gasteiger partial charge in [0, 0.05) is 12.0 Å². The molecule has 3 nitrogen and oxygen atoms in total. The second-order valence-electron chi connectivity index (χ2n) is 4.39. The molecule has 0 bridgehead atoms. The smallest absolute Gasteiger partial charge is 0.164 e. The molecule has 1 aromatic rings. The SMILES string of the molecule is COc1c(CC(C)CN)ccc2c1OCC2. The summed E-state index contributed by atoms with van der Waals surface area (Å²) in [4.78, 5) is 0. The zero-order valence-electron chi connectivity index (χ0n) is 9.95. The number of hydrogen-bond acceptors (Lipinski definition) is 3. The van der Waals surface area contributed by atoms with Crippen LogP contribution >= 0.6 is 0 Å². The highest BCUT2D eigenvalue weighted by Gasteiger charge is 2.20. The molecule has 1 aromatic carbocycles. The third kappa shape index (κ3) is 2.00. The van der Waals surface area contributed by atoms with E-state index >= 15 is 0 Å². The van der Waals surface area contributed by atoms with E-state index in [1.54, 1.807) is 7.11 Å². The largest absolute Gasteiger partial charge is 0.493 e. The molecule has 88 valence electrons. The van der Waals surface area contributed by atoms with Crippen LogP contribution in [0.15, 0.2) is 12.1 Å². The molecule has 0 saturated carbocycles. The van der Waals surface area contributed by atoms with Crippen molar-refractivity contribution in [2.75, 3.05) is 20.3 Å². The summed E-state index contributed by atoms with van der Waals surface area (Å²) in [6, 6.07) is 4.28. The van der Waals surface area contributed by atoms with Crippen LogP contribution in [0.3, 0.4) is 0 Å². The zero-order chi connectivity index (χ0) is 11.5. The lowest BCUT2D eigenvalue weighted by Crippen LogP contribution is -2.13. The van der Waals surface area contributed by atoms with E-state index in [0.717, 1.165) is 30.9 Å². The summed E-state index contributed by atoms with van der Waals surface area (Å²) < 4.78 is 11.1. The Bertz CT molecular complexity index is 376. The van der Waals surface area contributed by atoms with Crippen LogP contribution in [0.25, 0.3) is 0 Å². The van der Waals surface area contributed by atoms with Crippen LogP contribution in [0.5, 0.6) is 11.5 Å². The van der Waals surface area contributed by atoms with E-state index in [4.69, 9.17) is 15.2 Å². The number of ether oxygens (including phenoxy) is 2. The molecule has 0 amide bonds. The summed E-state index contributed by atoms with van der Waals surface area (Å²) >= 11 is 0. The van der Waals surface area contributed by atoms with Gasteiger partial charge in [-0.15, -0.1) is 0 Å². The summed E-state index contributed by atoms with van der Waals surface area (Å²) in [6.45, 7) is 3.61. The van der Waals surface area contributed by atoms with Gasteiger partial charge in [-0.25, -0.2) is 0 Å². The Hall–Kier alpha value is -1.22. The molecular weight excluding hydrogens is 202 g/mol. The van der Waals surface area contributed by atoms with Crippen molar-refractivity contribution in [3.63, 3.8) is 0 Å². The van der Waals surface area contributed by atoms with Crippen LogP contribution in [-0.4, -0.2) is 20.3 Å². The Labute approximate surface area is 96.5 Å². The number of hydrogen-bond donors (Lipinski definition) is 1. The predicted octanol–water partition coefficient (Wildman–Crippen LogP) is 1.77. The highest BCUT2D eigenvalue weighted by atomic mass is 16.5. The predicted molar refractivity (Wildman–Crippen MR) is 64.1 cm³/mol. The second-order valence-corrected chi connectivity index (χ2v) is 4.39. The van der Waals surface area contributed by atoms with Crippen molar-refractivity contribution in [1.29, 1.82) is 0 Å². The van der Waals surface area contributed by atoms with E-state index in [-0.39, 0.29) is 0 Å². The Morgan fingerprint density at radius 1 is 1.50 bits per heavy atom. The molecule has 1 atom stereocenters. The first-order valence-electron chi connectivity index (χ1n) is 5.78. The maximum Gasteiger partial charge on any atom is 0.164 e. The van der Waals surface area contributed by atoms with E-state index < -0.39 is 0 Å². The molecule has 16 heavy (non-hydrogen) atoms. The van der Waals surface area contributed by atoms with Gasteiger partial charge in [-0.1, -0.05) is 19.1 Å². The topological polar surface area (TPSA) is 44.5 Å². The van der Waals surface area contributed by atoms with Gasteiger partial charge in [-0.05, 0) is 24.4 Å². The van der Waals surface area contributed by atoms with Gasteiger partial charge in [-0.2, -0.15) is 0 Å². The Morgan fingerprint density at radius 3 is 3.00 bits per heavy atom. The third-order valence-electron chi connectivity index (χ3n) is 3.07. The Morgan fingerprint density at radius 2 is 2.31 bits per heavy atom. The van der Waals surface area contributed by atoms with Crippen molar-refractivity contribution in [1.82, 2.24) is 0 Å². The van der Waals surface area contributed by atoms with Crippen LogP contribution in [0.1, 0.15) is 18.1 Å². The second kappa shape index (κ2) is 4.74. The molecule has 0 aliphatic carbocycles. The standard InChI is InChI=1S/C13H19NO2/c1-9(8-14)7-11-4-3-10-5-6-16-13(10)12(11)15-2/h3-4,9H,5-8,14H2,1-2H3. The number of rotatable bonds is 4. The van der Waals surface area contributed by atoms with E-state index in [9.17, 15) is 0 Å². The molecule has 0 spiro atoms. The minimum Gasteiger partial charge on any atom is -0.493 e. The minimum absolute atomic E-state index is 0.466. The fourth-order valence-corrected chi connectivity index (χ4v) is 2.11. The van der Waals surface area contributed by atoms with E-state index in [1.807, 2.05) is 0 Å². The van der Waals surface area contributed by atoms with Crippen molar-refractivity contribution in [2.24, 2.45) is 11.7 Å². The first-order chi connectivity index (χ1) is 7.76. The van der Waals surface area contributed by atoms with Crippen LogP contribution in [-0.2, 0) is 12.8 Å². The average Bonchev–Trinajstić information content (AvgIpc) is 2.76. The summed E-state index contributed by atoms with van der Waals surface area (Å²) in [5.74, 6) is 2.30.